The van der Waals surface area contributed by atoms with E-state index in [4.69, 9.17) is 11.6 Å². The van der Waals surface area contributed by atoms with Crippen LogP contribution in [-0.2, 0) is 9.59 Å². The molecule has 1 aliphatic carbocycles. The number of imide groups is 2. The van der Waals surface area contributed by atoms with E-state index in [0.29, 0.717) is 47.0 Å². The van der Waals surface area contributed by atoms with Gasteiger partial charge in [-0.2, -0.15) is 5.26 Å². The maximum Gasteiger partial charge on any atom is 0.262 e. The first kappa shape index (κ1) is 39.8. The molecule has 2 saturated heterocycles. The summed E-state index contributed by atoms with van der Waals surface area (Å²) in [6, 6.07) is 20.6. The van der Waals surface area contributed by atoms with Crippen molar-refractivity contribution < 1.29 is 24.0 Å². The molecule has 5 amide bonds. The van der Waals surface area contributed by atoms with Crippen molar-refractivity contribution in [3.05, 3.63) is 87.9 Å². The number of carbonyl (C=O) groups is 5. The lowest BCUT2D eigenvalue weighted by atomic mass is 9.89. The number of hydrogen-bond donors (Lipinski definition) is 4. The van der Waals surface area contributed by atoms with Gasteiger partial charge in [0.15, 0.2) is 0 Å². The number of rotatable bonds is 13. The number of anilines is 3. The molecular formula is C43H49ClN8O5. The lowest BCUT2D eigenvalue weighted by molar-refractivity contribution is -0.136. The van der Waals surface area contributed by atoms with E-state index in [2.05, 4.69) is 44.1 Å². The molecule has 0 spiro atoms. The molecule has 3 aromatic rings. The van der Waals surface area contributed by atoms with Crippen LogP contribution in [0.5, 0.6) is 0 Å². The third-order valence-corrected chi connectivity index (χ3v) is 12.0. The lowest BCUT2D eigenvalue weighted by Crippen LogP contribution is -2.54. The van der Waals surface area contributed by atoms with E-state index < -0.39 is 29.7 Å². The highest BCUT2D eigenvalue weighted by molar-refractivity contribution is 6.32. The van der Waals surface area contributed by atoms with Crippen LogP contribution >= 0.6 is 11.6 Å². The summed E-state index contributed by atoms with van der Waals surface area (Å²) in [5.41, 5.74) is 4.51. The molecule has 7 rings (SSSR count). The average Bonchev–Trinajstić information content (AvgIpc) is 3.47. The largest absolute Gasteiger partial charge is 0.384 e. The van der Waals surface area contributed by atoms with Crippen LogP contribution in [0.15, 0.2) is 60.7 Å². The Morgan fingerprint density at radius 2 is 1.61 bits per heavy atom. The molecule has 1 atom stereocenters. The number of amides is 5. The Morgan fingerprint density at radius 3 is 2.30 bits per heavy atom. The maximum absolute atomic E-state index is 13.2. The summed E-state index contributed by atoms with van der Waals surface area (Å²) < 4.78 is 0. The SMILES string of the molecule is CCCN(c1ccc(C#N)c(Cl)c1)[C@H]1CC[C@H](NC(=O)c2ccc(N3CCC(NCCNc4ccc5c(c4)C(=O)N(C4CCC(=O)NC4=O)C5=O)CC3)cc2)CC1. The van der Waals surface area contributed by atoms with Crippen molar-refractivity contribution in [2.75, 3.05) is 47.8 Å². The van der Waals surface area contributed by atoms with E-state index in [1.165, 1.54) is 0 Å². The zero-order chi connectivity index (χ0) is 40.1. The molecule has 0 aromatic heterocycles. The summed E-state index contributed by atoms with van der Waals surface area (Å²) in [5, 5.41) is 22.2. The molecule has 14 heteroatoms. The fourth-order valence-electron chi connectivity index (χ4n) is 8.57. The van der Waals surface area contributed by atoms with Gasteiger partial charge in [-0.25, -0.2) is 0 Å². The van der Waals surface area contributed by atoms with E-state index in [1.807, 2.05) is 36.4 Å². The number of hydrogen-bond acceptors (Lipinski definition) is 10. The van der Waals surface area contributed by atoms with Gasteiger partial charge < -0.3 is 25.8 Å². The molecule has 3 heterocycles. The van der Waals surface area contributed by atoms with Crippen LogP contribution in [0.2, 0.25) is 5.02 Å². The smallest absolute Gasteiger partial charge is 0.262 e. The van der Waals surface area contributed by atoms with Gasteiger partial charge in [0, 0.05) is 79.9 Å². The number of piperidine rings is 2. The van der Waals surface area contributed by atoms with Crippen molar-refractivity contribution in [3.8, 4) is 6.07 Å². The minimum Gasteiger partial charge on any atom is -0.384 e. The van der Waals surface area contributed by atoms with Crippen LogP contribution in [0.4, 0.5) is 17.1 Å². The Kier molecular flexibility index (Phi) is 12.4. The number of nitrogens with zero attached hydrogens (tertiary/aromatic N) is 4. The zero-order valence-electron chi connectivity index (χ0n) is 32.2. The van der Waals surface area contributed by atoms with Gasteiger partial charge in [-0.1, -0.05) is 18.5 Å². The van der Waals surface area contributed by atoms with E-state index in [9.17, 15) is 29.2 Å². The van der Waals surface area contributed by atoms with Gasteiger partial charge in [0.1, 0.15) is 12.1 Å². The summed E-state index contributed by atoms with van der Waals surface area (Å²) in [7, 11) is 0. The monoisotopic (exact) mass is 792 g/mol. The van der Waals surface area contributed by atoms with Crippen molar-refractivity contribution in [3.63, 3.8) is 0 Å². The molecular weight excluding hydrogens is 744 g/mol. The fraction of sp³-hybridized carbons (Fsp3) is 0.442. The van der Waals surface area contributed by atoms with Gasteiger partial charge in [-0.3, -0.25) is 34.2 Å². The summed E-state index contributed by atoms with van der Waals surface area (Å²) in [5.74, 6) is -2.10. The van der Waals surface area contributed by atoms with Crippen LogP contribution in [0.1, 0.15) is 101 Å². The lowest BCUT2D eigenvalue weighted by Gasteiger charge is -2.38. The standard InChI is InChI=1S/C43H49ClN8O5/c1-2-21-51(34-11-5-28(26-45)37(44)25-34)33-12-6-30(7-13-33)48-40(54)27-3-9-32(10-4-27)50-22-17-29(18-23-50)46-19-20-47-31-8-14-35-36(24-31)43(57)52(42(35)56)38-15-16-39(53)49-41(38)55/h3-5,8-11,14,24-25,29-30,33,38,46-47H,2,6-7,12-13,15-23H2,1H3,(H,48,54)(H,49,53,55)/t30-,33-,38?. The molecule has 3 fully saturated rings. The maximum atomic E-state index is 13.2. The fourth-order valence-corrected chi connectivity index (χ4v) is 8.78. The van der Waals surface area contributed by atoms with Crippen LogP contribution < -0.4 is 31.1 Å². The highest BCUT2D eigenvalue weighted by atomic mass is 35.5. The number of carbonyl (C=O) groups excluding carboxylic acids is 5. The highest BCUT2D eigenvalue weighted by Crippen LogP contribution is 2.32. The summed E-state index contributed by atoms with van der Waals surface area (Å²) >= 11 is 6.36. The molecule has 0 radical (unpaired) electrons. The van der Waals surface area contributed by atoms with Crippen molar-refractivity contribution >= 4 is 58.2 Å². The van der Waals surface area contributed by atoms with Gasteiger partial charge in [0.05, 0.1) is 21.7 Å². The Morgan fingerprint density at radius 1 is 0.877 bits per heavy atom. The second-order valence-corrected chi connectivity index (χ2v) is 15.8. The van der Waals surface area contributed by atoms with Crippen molar-refractivity contribution in [2.24, 2.45) is 0 Å². The Bertz CT molecular complexity index is 2050. The van der Waals surface area contributed by atoms with Gasteiger partial charge in [0.25, 0.3) is 17.7 Å². The third kappa shape index (κ3) is 8.92. The first-order valence-corrected chi connectivity index (χ1v) is 20.5. The molecule has 298 valence electrons. The average molecular weight is 793 g/mol. The quantitative estimate of drug-likeness (QED) is 0.133. The van der Waals surface area contributed by atoms with Crippen LogP contribution in [0, 0.1) is 11.3 Å². The first-order valence-electron chi connectivity index (χ1n) is 20.1. The summed E-state index contributed by atoms with van der Waals surface area (Å²) in [4.78, 5) is 69.0. The van der Waals surface area contributed by atoms with E-state index in [1.54, 1.807) is 24.3 Å². The summed E-state index contributed by atoms with van der Waals surface area (Å²) in [6.45, 7) is 6.20. The van der Waals surface area contributed by atoms with Gasteiger partial charge in [-0.15, -0.1) is 0 Å². The van der Waals surface area contributed by atoms with E-state index in [-0.39, 0.29) is 35.9 Å². The topological polar surface area (TPSA) is 167 Å². The second kappa shape index (κ2) is 17.8. The third-order valence-electron chi connectivity index (χ3n) is 11.7. The van der Waals surface area contributed by atoms with Crippen molar-refractivity contribution in [2.45, 2.75) is 88.9 Å². The molecule has 1 unspecified atom stereocenters. The minimum absolute atomic E-state index is 0.0417. The van der Waals surface area contributed by atoms with Gasteiger partial charge in [0.2, 0.25) is 11.8 Å². The molecule has 57 heavy (non-hydrogen) atoms. The molecule has 1 saturated carbocycles. The van der Waals surface area contributed by atoms with E-state index in [0.717, 1.165) is 80.9 Å². The van der Waals surface area contributed by atoms with E-state index >= 15 is 0 Å². The summed E-state index contributed by atoms with van der Waals surface area (Å²) in [6.07, 6.45) is 6.91. The predicted octanol–water partition coefficient (Wildman–Crippen LogP) is 5.24. The van der Waals surface area contributed by atoms with Crippen molar-refractivity contribution in [1.82, 2.24) is 20.9 Å². The highest BCUT2D eigenvalue weighted by Gasteiger charge is 2.44. The normalized spacial score (nSPS) is 21.2. The molecule has 0 bridgehead atoms. The zero-order valence-corrected chi connectivity index (χ0v) is 32.9. The Hall–Kier alpha value is -5.45. The Balaban J connectivity index is 0.816. The van der Waals surface area contributed by atoms with Crippen LogP contribution in [-0.4, -0.2) is 91.3 Å². The predicted molar refractivity (Wildman–Crippen MR) is 219 cm³/mol. The van der Waals surface area contributed by atoms with Crippen LogP contribution in [0.25, 0.3) is 0 Å². The Labute approximate surface area is 338 Å². The number of halogens is 1. The molecule has 4 N–H and O–H groups in total. The number of benzene rings is 3. The van der Waals surface area contributed by atoms with Crippen LogP contribution in [0.3, 0.4) is 0 Å². The second-order valence-electron chi connectivity index (χ2n) is 15.3. The van der Waals surface area contributed by atoms with Gasteiger partial charge in [-0.05, 0) is 112 Å². The molecule has 13 nitrogen and oxygen atoms in total. The molecule has 3 aromatic carbocycles. The number of nitrogens with one attached hydrogen (secondary N) is 4. The number of nitriles is 1. The van der Waals surface area contributed by atoms with Crippen molar-refractivity contribution in [1.29, 1.82) is 5.26 Å². The minimum atomic E-state index is -0.984. The first-order chi connectivity index (χ1) is 27.6. The van der Waals surface area contributed by atoms with Gasteiger partial charge >= 0.3 is 0 Å². The molecule has 4 aliphatic rings. The number of fused-ring (bicyclic) bond motifs is 1. The molecule has 3 aliphatic heterocycles.